The molecule has 24 heavy (non-hydrogen) atoms. The lowest BCUT2D eigenvalue weighted by Gasteiger charge is -2.22. The minimum atomic E-state index is 1.12. The Bertz CT molecular complexity index is 580. The molecule has 1 aromatic rings. The molecule has 2 aliphatic rings. The second-order valence-corrected chi connectivity index (χ2v) is 6.64. The molecule has 130 valence electrons. The molecule has 0 radical (unpaired) electrons. The molecule has 4 heteroatoms. The van der Waals surface area contributed by atoms with Crippen molar-refractivity contribution in [2.24, 2.45) is 0 Å². The number of hydrogen-bond donors (Lipinski definition) is 4. The van der Waals surface area contributed by atoms with Gasteiger partial charge >= 0.3 is 0 Å². The van der Waals surface area contributed by atoms with Crippen LogP contribution in [0.5, 0.6) is 0 Å². The molecular weight excluding hydrogens is 296 g/mol. The maximum absolute atomic E-state index is 3.64. The molecule has 0 unspecified atom stereocenters. The Morgan fingerprint density at radius 3 is 1.46 bits per heavy atom. The first kappa shape index (κ1) is 16.7. The van der Waals surface area contributed by atoms with Gasteiger partial charge in [-0.3, -0.25) is 0 Å². The van der Waals surface area contributed by atoms with Gasteiger partial charge in [-0.25, -0.2) is 0 Å². The number of rotatable bonds is 6. The SMILES string of the molecule is CNc1cc(NC)c(NC2=CCCCC2)cc1NC1=CCCCC1. The van der Waals surface area contributed by atoms with Crippen LogP contribution >= 0.6 is 0 Å². The van der Waals surface area contributed by atoms with Crippen LogP contribution in [0, 0.1) is 0 Å². The van der Waals surface area contributed by atoms with Crippen LogP contribution < -0.4 is 21.3 Å². The van der Waals surface area contributed by atoms with Crippen molar-refractivity contribution in [3.8, 4) is 0 Å². The minimum absolute atomic E-state index is 1.12. The molecule has 4 nitrogen and oxygen atoms in total. The van der Waals surface area contributed by atoms with Gasteiger partial charge < -0.3 is 21.3 Å². The van der Waals surface area contributed by atoms with Crippen molar-refractivity contribution < 1.29 is 0 Å². The largest absolute Gasteiger partial charge is 0.386 e. The van der Waals surface area contributed by atoms with Crippen LogP contribution in [-0.2, 0) is 0 Å². The molecule has 0 fully saturated rings. The van der Waals surface area contributed by atoms with Crippen LogP contribution in [0.4, 0.5) is 22.7 Å². The highest BCUT2D eigenvalue weighted by atomic mass is 15.0. The van der Waals surface area contributed by atoms with E-state index in [-0.39, 0.29) is 0 Å². The van der Waals surface area contributed by atoms with Crippen LogP contribution in [0.1, 0.15) is 51.4 Å². The summed E-state index contributed by atoms with van der Waals surface area (Å²) in [6, 6.07) is 4.40. The van der Waals surface area contributed by atoms with Crippen molar-refractivity contribution in [3.63, 3.8) is 0 Å². The van der Waals surface area contributed by atoms with E-state index in [1.807, 2.05) is 14.1 Å². The summed E-state index contributed by atoms with van der Waals surface area (Å²) >= 11 is 0. The van der Waals surface area contributed by atoms with E-state index < -0.39 is 0 Å². The van der Waals surface area contributed by atoms with E-state index in [4.69, 9.17) is 0 Å². The minimum Gasteiger partial charge on any atom is -0.386 e. The average Bonchev–Trinajstić information content (AvgIpc) is 2.64. The number of nitrogens with one attached hydrogen (secondary N) is 4. The molecule has 0 heterocycles. The molecule has 0 bridgehead atoms. The number of anilines is 4. The van der Waals surface area contributed by atoms with Crippen molar-refractivity contribution in [2.45, 2.75) is 51.4 Å². The Labute approximate surface area is 145 Å². The summed E-state index contributed by atoms with van der Waals surface area (Å²) in [6.07, 6.45) is 14.5. The van der Waals surface area contributed by atoms with Crippen LogP contribution in [0.2, 0.25) is 0 Å². The van der Waals surface area contributed by atoms with E-state index in [0.29, 0.717) is 0 Å². The lowest BCUT2D eigenvalue weighted by atomic mass is 10.0. The monoisotopic (exact) mass is 326 g/mol. The van der Waals surface area contributed by atoms with Gasteiger partial charge in [-0.1, -0.05) is 12.2 Å². The van der Waals surface area contributed by atoms with Gasteiger partial charge in [0.1, 0.15) is 0 Å². The number of allylic oxidation sites excluding steroid dienone is 4. The van der Waals surface area contributed by atoms with Crippen molar-refractivity contribution >= 4 is 22.7 Å². The maximum atomic E-state index is 3.64. The predicted octanol–water partition coefficient (Wildman–Crippen LogP) is 5.51. The number of hydrogen-bond acceptors (Lipinski definition) is 4. The third kappa shape index (κ3) is 4.05. The average molecular weight is 326 g/mol. The van der Waals surface area contributed by atoms with Gasteiger partial charge in [0, 0.05) is 25.5 Å². The van der Waals surface area contributed by atoms with E-state index in [1.54, 1.807) is 0 Å². The molecule has 1 aromatic carbocycles. The summed E-state index contributed by atoms with van der Waals surface area (Å²) in [5.41, 5.74) is 7.21. The second-order valence-electron chi connectivity index (χ2n) is 6.64. The summed E-state index contributed by atoms with van der Waals surface area (Å²) in [6.45, 7) is 0. The van der Waals surface area contributed by atoms with E-state index in [1.165, 1.54) is 49.9 Å². The van der Waals surface area contributed by atoms with Gasteiger partial charge in [-0.2, -0.15) is 0 Å². The van der Waals surface area contributed by atoms with E-state index in [2.05, 4.69) is 45.6 Å². The Morgan fingerprint density at radius 2 is 1.08 bits per heavy atom. The standard InChI is InChI=1S/C20H30N4/c1-21-17-13-18(22-2)20(24-16-11-7-4-8-12-16)14-19(17)23-15-9-5-3-6-10-15/h9,11,13-14,21-24H,3-8,10,12H2,1-2H3. The third-order valence-corrected chi connectivity index (χ3v) is 4.87. The third-order valence-electron chi connectivity index (χ3n) is 4.87. The highest BCUT2D eigenvalue weighted by Gasteiger charge is 2.13. The van der Waals surface area contributed by atoms with Crippen molar-refractivity contribution in [1.82, 2.24) is 0 Å². The van der Waals surface area contributed by atoms with Gasteiger partial charge in [-0.05, 0) is 63.5 Å². The van der Waals surface area contributed by atoms with Gasteiger partial charge in [0.15, 0.2) is 0 Å². The normalized spacial score (nSPS) is 17.6. The number of benzene rings is 1. The molecule has 0 aromatic heterocycles. The molecule has 0 saturated carbocycles. The zero-order chi connectivity index (χ0) is 16.8. The Hall–Kier alpha value is -2.10. The molecule has 4 N–H and O–H groups in total. The van der Waals surface area contributed by atoms with Gasteiger partial charge in [0.05, 0.1) is 22.7 Å². The molecule has 3 rings (SSSR count). The lowest BCUT2D eigenvalue weighted by molar-refractivity contribution is 0.704. The zero-order valence-electron chi connectivity index (χ0n) is 15.0. The summed E-state index contributed by atoms with van der Waals surface area (Å²) in [5.74, 6) is 0. The molecular formula is C20H30N4. The quantitative estimate of drug-likeness (QED) is 0.557. The molecule has 0 atom stereocenters. The van der Waals surface area contributed by atoms with Crippen LogP contribution in [0.3, 0.4) is 0 Å². The second kappa shape index (κ2) is 8.13. The lowest BCUT2D eigenvalue weighted by Crippen LogP contribution is -2.09. The van der Waals surface area contributed by atoms with Crippen molar-refractivity contribution in [1.29, 1.82) is 0 Å². The van der Waals surface area contributed by atoms with Crippen molar-refractivity contribution in [2.75, 3.05) is 35.4 Å². The van der Waals surface area contributed by atoms with Gasteiger partial charge in [-0.15, -0.1) is 0 Å². The summed E-state index contributed by atoms with van der Waals surface area (Å²) in [4.78, 5) is 0. The fourth-order valence-electron chi connectivity index (χ4n) is 3.47. The Morgan fingerprint density at radius 1 is 0.625 bits per heavy atom. The predicted molar refractivity (Wildman–Crippen MR) is 106 cm³/mol. The van der Waals surface area contributed by atoms with E-state index in [9.17, 15) is 0 Å². The molecule has 2 aliphatic carbocycles. The highest BCUT2D eigenvalue weighted by Crippen LogP contribution is 2.36. The van der Waals surface area contributed by atoms with Crippen molar-refractivity contribution in [3.05, 3.63) is 35.7 Å². The fourth-order valence-corrected chi connectivity index (χ4v) is 3.47. The summed E-state index contributed by atoms with van der Waals surface area (Å²) < 4.78 is 0. The van der Waals surface area contributed by atoms with Crippen LogP contribution in [0.15, 0.2) is 35.7 Å². The Balaban J connectivity index is 1.87. The summed E-state index contributed by atoms with van der Waals surface area (Å²) in [7, 11) is 3.96. The van der Waals surface area contributed by atoms with Gasteiger partial charge in [0.25, 0.3) is 0 Å². The first-order chi connectivity index (χ1) is 11.8. The first-order valence-corrected chi connectivity index (χ1v) is 9.26. The van der Waals surface area contributed by atoms with Crippen LogP contribution in [-0.4, -0.2) is 14.1 Å². The molecule has 0 amide bonds. The molecule has 0 saturated heterocycles. The Kier molecular flexibility index (Phi) is 5.68. The maximum Gasteiger partial charge on any atom is 0.0639 e. The van der Waals surface area contributed by atoms with E-state index in [0.717, 1.165) is 35.6 Å². The van der Waals surface area contributed by atoms with E-state index >= 15 is 0 Å². The topological polar surface area (TPSA) is 48.1 Å². The van der Waals surface area contributed by atoms with Gasteiger partial charge in [0.2, 0.25) is 0 Å². The smallest absolute Gasteiger partial charge is 0.0639 e. The highest BCUT2D eigenvalue weighted by molar-refractivity contribution is 5.85. The summed E-state index contributed by atoms with van der Waals surface area (Å²) in [5, 5.41) is 13.9. The molecule has 0 spiro atoms. The molecule has 0 aliphatic heterocycles. The fraction of sp³-hybridized carbons (Fsp3) is 0.500. The van der Waals surface area contributed by atoms with Crippen LogP contribution in [0.25, 0.3) is 0 Å². The first-order valence-electron chi connectivity index (χ1n) is 9.26. The zero-order valence-corrected chi connectivity index (χ0v) is 15.0.